The van der Waals surface area contributed by atoms with Crippen molar-refractivity contribution in [3.63, 3.8) is 0 Å². The Bertz CT molecular complexity index is 450. The van der Waals surface area contributed by atoms with Crippen LogP contribution in [0.4, 0.5) is 0 Å². The van der Waals surface area contributed by atoms with Crippen LogP contribution in [0.3, 0.4) is 0 Å². The van der Waals surface area contributed by atoms with Crippen molar-refractivity contribution < 1.29 is 14.7 Å². The molecule has 1 fully saturated rings. The Hall–Kier alpha value is -1.36. The van der Waals surface area contributed by atoms with E-state index in [4.69, 9.17) is 0 Å². The van der Waals surface area contributed by atoms with E-state index in [-0.39, 0.29) is 11.9 Å². The highest BCUT2D eigenvalue weighted by Gasteiger charge is 2.40. The molecular formula is C12H15NO3S. The molecule has 1 aliphatic carbocycles. The van der Waals surface area contributed by atoms with Crippen molar-refractivity contribution >= 4 is 23.2 Å². The number of hydrogen-bond acceptors (Lipinski definition) is 3. The molecule has 1 amide bonds. The number of nitrogens with zero attached hydrogens (tertiary/aromatic N) is 1. The highest BCUT2D eigenvalue weighted by atomic mass is 32.1. The molecule has 1 unspecified atom stereocenters. The van der Waals surface area contributed by atoms with Crippen molar-refractivity contribution in [2.24, 2.45) is 0 Å². The predicted molar refractivity (Wildman–Crippen MR) is 65.0 cm³/mol. The van der Waals surface area contributed by atoms with Crippen molar-refractivity contribution in [3.8, 4) is 0 Å². The number of carbonyl (C=O) groups is 2. The lowest BCUT2D eigenvalue weighted by atomic mass is 10.2. The summed E-state index contributed by atoms with van der Waals surface area (Å²) in [6.07, 6.45) is 1.82. The molecule has 1 N–H and O–H groups in total. The van der Waals surface area contributed by atoms with Crippen molar-refractivity contribution in [1.82, 2.24) is 4.90 Å². The molecule has 0 bridgehead atoms. The van der Waals surface area contributed by atoms with Crippen molar-refractivity contribution in [1.29, 1.82) is 0 Å². The smallest absolute Gasteiger partial charge is 0.331 e. The minimum Gasteiger partial charge on any atom is -0.479 e. The molecule has 0 radical (unpaired) electrons. The quantitative estimate of drug-likeness (QED) is 0.894. The molecule has 1 aliphatic rings. The molecule has 5 heteroatoms. The zero-order chi connectivity index (χ0) is 12.6. The number of carboxylic acids is 1. The Morgan fingerprint density at radius 3 is 2.47 bits per heavy atom. The summed E-state index contributed by atoms with van der Waals surface area (Å²) in [5.74, 6) is -1.11. The topological polar surface area (TPSA) is 57.6 Å². The van der Waals surface area contributed by atoms with E-state index >= 15 is 0 Å². The summed E-state index contributed by atoms with van der Waals surface area (Å²) in [5, 5.41) is 9.34. The van der Waals surface area contributed by atoms with Crippen LogP contribution in [0, 0.1) is 6.92 Å². The summed E-state index contributed by atoms with van der Waals surface area (Å²) >= 11 is 1.44. The number of thiophene rings is 1. The van der Waals surface area contributed by atoms with Gasteiger partial charge in [0.25, 0.3) is 0 Å². The summed E-state index contributed by atoms with van der Waals surface area (Å²) in [4.78, 5) is 26.3. The molecule has 1 aromatic rings. The van der Waals surface area contributed by atoms with Gasteiger partial charge in [0, 0.05) is 22.7 Å². The highest BCUT2D eigenvalue weighted by molar-refractivity contribution is 7.12. The van der Waals surface area contributed by atoms with Gasteiger partial charge < -0.3 is 10.0 Å². The second-order valence-electron chi connectivity index (χ2n) is 4.35. The Kier molecular flexibility index (Phi) is 3.19. The van der Waals surface area contributed by atoms with Gasteiger partial charge in [-0.3, -0.25) is 4.79 Å². The van der Waals surface area contributed by atoms with Crippen LogP contribution in [0.1, 0.15) is 35.6 Å². The third-order valence-corrected chi connectivity index (χ3v) is 3.90. The standard InChI is InChI=1S/C12H15NO3S/c1-7-3-6-10(17-7)11(12(15)16)13(8(2)14)9-4-5-9/h3,6,9,11H,4-5H2,1-2H3,(H,15,16). The summed E-state index contributed by atoms with van der Waals surface area (Å²) < 4.78 is 0. The van der Waals surface area contributed by atoms with E-state index in [0.29, 0.717) is 0 Å². The van der Waals surface area contributed by atoms with Gasteiger partial charge in [0.2, 0.25) is 5.91 Å². The second kappa shape index (κ2) is 4.49. The van der Waals surface area contributed by atoms with E-state index < -0.39 is 12.0 Å². The minimum atomic E-state index is -0.950. The lowest BCUT2D eigenvalue weighted by Crippen LogP contribution is -2.38. The zero-order valence-electron chi connectivity index (χ0n) is 9.84. The summed E-state index contributed by atoms with van der Waals surface area (Å²) in [7, 11) is 0. The maximum atomic E-state index is 11.6. The van der Waals surface area contributed by atoms with Crippen LogP contribution in [0.5, 0.6) is 0 Å². The Morgan fingerprint density at radius 2 is 2.12 bits per heavy atom. The fraction of sp³-hybridized carbons (Fsp3) is 0.500. The first kappa shape index (κ1) is 12.1. The van der Waals surface area contributed by atoms with Crippen LogP contribution >= 0.6 is 11.3 Å². The average molecular weight is 253 g/mol. The molecule has 17 heavy (non-hydrogen) atoms. The Labute approximate surface area is 104 Å². The normalized spacial score (nSPS) is 16.6. The molecule has 0 aliphatic heterocycles. The number of carboxylic acid groups (broad SMARTS) is 1. The Morgan fingerprint density at radius 1 is 1.47 bits per heavy atom. The maximum absolute atomic E-state index is 11.6. The van der Waals surface area contributed by atoms with Crippen LogP contribution in [0.2, 0.25) is 0 Å². The van der Waals surface area contributed by atoms with Gasteiger partial charge in [-0.2, -0.15) is 0 Å². The van der Waals surface area contributed by atoms with E-state index in [1.54, 1.807) is 6.07 Å². The number of aryl methyl sites for hydroxylation is 1. The van der Waals surface area contributed by atoms with Gasteiger partial charge in [-0.15, -0.1) is 11.3 Å². The number of aliphatic carboxylic acids is 1. The largest absolute Gasteiger partial charge is 0.479 e. The number of carbonyl (C=O) groups excluding carboxylic acids is 1. The molecule has 0 saturated heterocycles. The SMILES string of the molecule is CC(=O)N(C1CC1)C(C(=O)O)c1ccc(C)s1. The molecule has 1 atom stereocenters. The van der Waals surface area contributed by atoms with Gasteiger partial charge in [0.15, 0.2) is 6.04 Å². The van der Waals surface area contributed by atoms with Crippen LogP contribution in [0.25, 0.3) is 0 Å². The van der Waals surface area contributed by atoms with Crippen LogP contribution in [-0.4, -0.2) is 27.9 Å². The van der Waals surface area contributed by atoms with Gasteiger partial charge in [-0.1, -0.05) is 0 Å². The van der Waals surface area contributed by atoms with Crippen molar-refractivity contribution in [3.05, 3.63) is 21.9 Å². The summed E-state index contributed by atoms with van der Waals surface area (Å²) in [6, 6.07) is 2.98. The fourth-order valence-electron chi connectivity index (χ4n) is 1.98. The van der Waals surface area contributed by atoms with E-state index in [9.17, 15) is 14.7 Å². The van der Waals surface area contributed by atoms with Gasteiger partial charge in [-0.25, -0.2) is 4.79 Å². The average Bonchev–Trinajstić information content (AvgIpc) is 2.97. The Balaban J connectivity index is 2.33. The molecule has 0 spiro atoms. The molecule has 1 heterocycles. The first-order chi connectivity index (χ1) is 8.00. The summed E-state index contributed by atoms with van der Waals surface area (Å²) in [5.41, 5.74) is 0. The van der Waals surface area contributed by atoms with Gasteiger partial charge in [0.1, 0.15) is 0 Å². The van der Waals surface area contributed by atoms with Gasteiger partial charge in [-0.05, 0) is 31.9 Å². The number of hydrogen-bond donors (Lipinski definition) is 1. The van der Waals surface area contributed by atoms with Crippen molar-refractivity contribution in [2.75, 3.05) is 0 Å². The molecule has 4 nitrogen and oxygen atoms in total. The summed E-state index contributed by atoms with van der Waals surface area (Å²) in [6.45, 7) is 3.37. The van der Waals surface area contributed by atoms with Crippen LogP contribution in [-0.2, 0) is 9.59 Å². The van der Waals surface area contributed by atoms with E-state index in [1.165, 1.54) is 23.2 Å². The molecule has 92 valence electrons. The maximum Gasteiger partial charge on any atom is 0.331 e. The molecule has 1 saturated carbocycles. The fourth-order valence-corrected chi connectivity index (χ4v) is 2.95. The predicted octanol–water partition coefficient (Wildman–Crippen LogP) is 2.19. The number of amides is 1. The van der Waals surface area contributed by atoms with E-state index in [1.807, 2.05) is 13.0 Å². The van der Waals surface area contributed by atoms with Crippen LogP contribution < -0.4 is 0 Å². The first-order valence-corrected chi connectivity index (χ1v) is 6.40. The molecular weight excluding hydrogens is 238 g/mol. The molecule has 0 aromatic carbocycles. The van der Waals surface area contributed by atoms with Crippen molar-refractivity contribution in [2.45, 2.75) is 38.8 Å². The second-order valence-corrected chi connectivity index (χ2v) is 5.67. The van der Waals surface area contributed by atoms with Crippen LogP contribution in [0.15, 0.2) is 12.1 Å². The third-order valence-electron chi connectivity index (χ3n) is 2.85. The van der Waals surface area contributed by atoms with E-state index in [0.717, 1.165) is 22.6 Å². The zero-order valence-corrected chi connectivity index (χ0v) is 10.7. The molecule has 2 rings (SSSR count). The highest BCUT2D eigenvalue weighted by Crippen LogP contribution is 2.36. The lowest BCUT2D eigenvalue weighted by Gasteiger charge is -2.27. The first-order valence-electron chi connectivity index (χ1n) is 5.58. The number of rotatable bonds is 4. The molecule has 1 aromatic heterocycles. The van der Waals surface area contributed by atoms with Gasteiger partial charge in [0.05, 0.1) is 0 Å². The minimum absolute atomic E-state index is 0.107. The monoisotopic (exact) mass is 253 g/mol. The third kappa shape index (κ3) is 2.49. The van der Waals surface area contributed by atoms with E-state index in [2.05, 4.69) is 0 Å². The van der Waals surface area contributed by atoms with Gasteiger partial charge >= 0.3 is 5.97 Å². The lowest BCUT2D eigenvalue weighted by molar-refractivity contribution is -0.150.